The smallest absolute Gasteiger partial charge is 0.257 e. The zero-order valence-electron chi connectivity index (χ0n) is 12.2. The average Bonchev–Trinajstić information content (AvgIpc) is 2.92. The number of hydrogen-bond donors (Lipinski definition) is 3. The lowest BCUT2D eigenvalue weighted by Crippen LogP contribution is -2.31. The molecule has 0 saturated carbocycles. The fourth-order valence-electron chi connectivity index (χ4n) is 2.86. The quantitative estimate of drug-likeness (QED) is 0.660. The maximum absolute atomic E-state index is 11.7. The molecule has 1 aromatic heterocycles. The molecular formula is C13H18N2O6S. The van der Waals surface area contributed by atoms with Gasteiger partial charge in [-0.2, -0.15) is 0 Å². The first-order valence-corrected chi connectivity index (χ1v) is 7.34. The normalized spacial score (nSPS) is 33.1. The summed E-state index contributed by atoms with van der Waals surface area (Å²) >= 11 is 5.16. The molecule has 3 rings (SSSR count). The summed E-state index contributed by atoms with van der Waals surface area (Å²) < 4.78 is 19.1. The molecule has 2 saturated heterocycles. The van der Waals surface area contributed by atoms with Crippen molar-refractivity contribution in [2.75, 3.05) is 6.61 Å². The molecule has 4 atom stereocenters. The lowest BCUT2D eigenvalue weighted by molar-refractivity contribution is -0.200. The van der Waals surface area contributed by atoms with Gasteiger partial charge in [-0.15, -0.1) is 0 Å². The molecule has 0 amide bonds. The first kappa shape index (κ1) is 15.8. The van der Waals surface area contributed by atoms with Crippen LogP contribution in [0.3, 0.4) is 0 Å². The Labute approximate surface area is 131 Å². The predicted octanol–water partition coefficient (Wildman–Crippen LogP) is -0.192. The van der Waals surface area contributed by atoms with Crippen molar-refractivity contribution in [1.29, 1.82) is 0 Å². The van der Waals surface area contributed by atoms with Gasteiger partial charge < -0.3 is 24.4 Å². The maximum Gasteiger partial charge on any atom is 0.257 e. The van der Waals surface area contributed by atoms with E-state index >= 15 is 0 Å². The minimum Gasteiger partial charge on any atom is -0.394 e. The van der Waals surface area contributed by atoms with E-state index in [1.807, 2.05) is 0 Å². The van der Waals surface area contributed by atoms with Crippen LogP contribution in [0.1, 0.15) is 25.6 Å². The van der Waals surface area contributed by atoms with Crippen molar-refractivity contribution >= 4 is 12.2 Å². The highest BCUT2D eigenvalue weighted by molar-refractivity contribution is 7.71. The zero-order valence-corrected chi connectivity index (χ0v) is 13.0. The second-order valence-corrected chi connectivity index (χ2v) is 6.18. The molecule has 8 nitrogen and oxygen atoms in total. The van der Waals surface area contributed by atoms with Gasteiger partial charge in [0.1, 0.15) is 18.3 Å². The molecule has 22 heavy (non-hydrogen) atoms. The molecule has 0 spiro atoms. The highest BCUT2D eigenvalue weighted by atomic mass is 32.1. The van der Waals surface area contributed by atoms with E-state index in [-0.39, 0.29) is 16.9 Å². The summed E-state index contributed by atoms with van der Waals surface area (Å²) in [6.45, 7) is 2.92. The van der Waals surface area contributed by atoms with E-state index in [9.17, 15) is 15.0 Å². The number of H-pyrrole nitrogens is 1. The number of fused-ring (bicyclic) bond motifs is 1. The molecule has 2 fully saturated rings. The van der Waals surface area contributed by atoms with Gasteiger partial charge in [0.25, 0.3) is 5.56 Å². The van der Waals surface area contributed by atoms with Gasteiger partial charge >= 0.3 is 0 Å². The summed E-state index contributed by atoms with van der Waals surface area (Å²) in [6.07, 6.45) is -0.674. The highest BCUT2D eigenvalue weighted by Crippen LogP contribution is 2.42. The van der Waals surface area contributed by atoms with E-state index in [0.29, 0.717) is 0 Å². The van der Waals surface area contributed by atoms with E-state index in [4.69, 9.17) is 26.4 Å². The van der Waals surface area contributed by atoms with Crippen molar-refractivity contribution in [3.8, 4) is 0 Å². The van der Waals surface area contributed by atoms with Crippen molar-refractivity contribution in [1.82, 2.24) is 9.55 Å². The Kier molecular flexibility index (Phi) is 3.96. The third-order valence-electron chi connectivity index (χ3n) is 3.79. The highest BCUT2D eigenvalue weighted by Gasteiger charge is 2.55. The second kappa shape index (κ2) is 5.52. The second-order valence-electron chi connectivity index (χ2n) is 5.79. The van der Waals surface area contributed by atoms with E-state index < -0.39 is 42.5 Å². The van der Waals surface area contributed by atoms with Gasteiger partial charge in [-0.1, -0.05) is 0 Å². The lowest BCUT2D eigenvalue weighted by atomic mass is 10.1. The SMILES string of the molecule is CC1(C)OC2[C@@H](O1)[C@@H](CO)O[C@H]2n1cc(CO)c(=O)[nH]c1=S. The Balaban J connectivity index is 2.02. The molecule has 122 valence electrons. The molecule has 2 aliphatic heterocycles. The zero-order chi connectivity index (χ0) is 16.1. The van der Waals surface area contributed by atoms with Crippen molar-refractivity contribution in [2.45, 2.75) is 50.8 Å². The standard InChI is InChI=1S/C13H18N2O6S/c1-13(2)20-8-7(5-17)19-11(9(8)21-13)15-3-6(4-16)10(18)14-12(15)22/h3,7-9,11,16-17H,4-5H2,1-2H3,(H,14,18,22)/t7-,8+,9?,11-/m1/s1. The molecule has 3 heterocycles. The van der Waals surface area contributed by atoms with Gasteiger partial charge in [0.2, 0.25) is 0 Å². The number of aliphatic hydroxyl groups excluding tert-OH is 2. The third kappa shape index (κ3) is 2.53. The molecule has 1 unspecified atom stereocenters. The molecule has 0 aliphatic carbocycles. The fraction of sp³-hybridized carbons (Fsp3) is 0.692. The van der Waals surface area contributed by atoms with Crippen LogP contribution in [0.5, 0.6) is 0 Å². The van der Waals surface area contributed by atoms with E-state index in [1.54, 1.807) is 13.8 Å². The average molecular weight is 330 g/mol. The fourth-order valence-corrected chi connectivity index (χ4v) is 3.11. The number of hydrogen-bond acceptors (Lipinski definition) is 7. The van der Waals surface area contributed by atoms with Crippen LogP contribution < -0.4 is 5.56 Å². The van der Waals surface area contributed by atoms with E-state index in [2.05, 4.69) is 4.98 Å². The van der Waals surface area contributed by atoms with Crippen LogP contribution in [-0.4, -0.2) is 50.5 Å². The molecule has 3 N–H and O–H groups in total. The molecular weight excluding hydrogens is 312 g/mol. The lowest BCUT2D eigenvalue weighted by Gasteiger charge is -2.25. The predicted molar refractivity (Wildman–Crippen MR) is 76.6 cm³/mol. The Morgan fingerprint density at radius 3 is 2.68 bits per heavy atom. The molecule has 0 radical (unpaired) electrons. The first-order chi connectivity index (χ1) is 10.4. The molecule has 2 aliphatic rings. The summed E-state index contributed by atoms with van der Waals surface area (Å²) in [6, 6.07) is 0. The summed E-state index contributed by atoms with van der Waals surface area (Å²) in [5.74, 6) is -0.797. The van der Waals surface area contributed by atoms with Crippen LogP contribution in [0.25, 0.3) is 0 Å². The van der Waals surface area contributed by atoms with Gasteiger partial charge in [0.05, 0.1) is 18.8 Å². The topological polar surface area (TPSA) is 106 Å². The van der Waals surface area contributed by atoms with Crippen molar-refractivity contribution in [3.05, 3.63) is 26.9 Å². The Morgan fingerprint density at radius 1 is 1.36 bits per heavy atom. The summed E-state index contributed by atoms with van der Waals surface area (Å²) in [7, 11) is 0. The van der Waals surface area contributed by atoms with E-state index in [1.165, 1.54) is 10.8 Å². The Bertz CT molecular complexity index is 684. The third-order valence-corrected chi connectivity index (χ3v) is 4.10. The van der Waals surface area contributed by atoms with Crippen LogP contribution in [0, 0.1) is 4.77 Å². The molecule has 0 aromatic carbocycles. The number of aromatic nitrogens is 2. The molecule has 9 heteroatoms. The van der Waals surface area contributed by atoms with Gasteiger partial charge in [0, 0.05) is 6.20 Å². The largest absolute Gasteiger partial charge is 0.394 e. The summed E-state index contributed by atoms with van der Waals surface area (Å²) in [5.41, 5.74) is -0.278. The number of rotatable bonds is 3. The number of aliphatic hydroxyl groups is 2. The van der Waals surface area contributed by atoms with Crippen LogP contribution >= 0.6 is 12.2 Å². The van der Waals surface area contributed by atoms with Crippen molar-refractivity contribution in [2.24, 2.45) is 0 Å². The summed E-state index contributed by atoms with van der Waals surface area (Å²) in [5, 5.41) is 18.7. The minimum atomic E-state index is -0.797. The number of ether oxygens (including phenoxy) is 3. The summed E-state index contributed by atoms with van der Waals surface area (Å²) in [4.78, 5) is 14.1. The molecule has 0 bridgehead atoms. The van der Waals surface area contributed by atoms with Crippen LogP contribution in [0.15, 0.2) is 11.0 Å². The van der Waals surface area contributed by atoms with Crippen LogP contribution in [0.4, 0.5) is 0 Å². The number of aromatic amines is 1. The van der Waals surface area contributed by atoms with E-state index in [0.717, 1.165) is 0 Å². The van der Waals surface area contributed by atoms with Crippen molar-refractivity contribution < 1.29 is 24.4 Å². The van der Waals surface area contributed by atoms with Crippen molar-refractivity contribution in [3.63, 3.8) is 0 Å². The van der Waals surface area contributed by atoms with Gasteiger partial charge in [-0.05, 0) is 26.1 Å². The Hall–Kier alpha value is -1.10. The Morgan fingerprint density at radius 2 is 2.05 bits per heavy atom. The minimum absolute atomic E-state index is 0.151. The van der Waals surface area contributed by atoms with Crippen LogP contribution in [0.2, 0.25) is 0 Å². The molecule has 1 aromatic rings. The maximum atomic E-state index is 11.7. The number of nitrogens with one attached hydrogen (secondary N) is 1. The monoisotopic (exact) mass is 330 g/mol. The van der Waals surface area contributed by atoms with Gasteiger partial charge in [-0.3, -0.25) is 14.3 Å². The van der Waals surface area contributed by atoms with Crippen LogP contribution in [-0.2, 0) is 20.8 Å². The first-order valence-electron chi connectivity index (χ1n) is 6.93. The van der Waals surface area contributed by atoms with Gasteiger partial charge in [-0.25, -0.2) is 0 Å². The van der Waals surface area contributed by atoms with Gasteiger partial charge in [0.15, 0.2) is 16.8 Å². The number of nitrogens with zero attached hydrogens (tertiary/aromatic N) is 1.